The molecule has 0 bridgehead atoms. The van der Waals surface area contributed by atoms with Crippen LogP contribution in [0.3, 0.4) is 0 Å². The summed E-state index contributed by atoms with van der Waals surface area (Å²) in [6.45, 7) is -0.315. The van der Waals surface area contributed by atoms with Crippen LogP contribution < -0.4 is 15.5 Å². The third-order valence-electron chi connectivity index (χ3n) is 4.13. The van der Waals surface area contributed by atoms with Gasteiger partial charge < -0.3 is 10.6 Å². The first-order valence-electron chi connectivity index (χ1n) is 8.13. The number of carbonyl (C=O) groups is 3. The predicted molar refractivity (Wildman–Crippen MR) is 101 cm³/mol. The first-order valence-corrected chi connectivity index (χ1v) is 8.88. The normalized spacial score (nSPS) is 17.1. The van der Waals surface area contributed by atoms with E-state index in [1.165, 1.54) is 24.3 Å². The van der Waals surface area contributed by atoms with E-state index < -0.39 is 35.5 Å². The number of hydrogen-bond acceptors (Lipinski definition) is 3. The zero-order chi connectivity index (χ0) is 21.3. The molecule has 1 atom stereocenters. The minimum Gasteiger partial charge on any atom is -0.336 e. The van der Waals surface area contributed by atoms with Gasteiger partial charge in [0.2, 0.25) is 11.8 Å². The van der Waals surface area contributed by atoms with E-state index in [4.69, 9.17) is 23.2 Å². The van der Waals surface area contributed by atoms with Crippen LogP contribution in [-0.2, 0) is 15.8 Å². The smallest absolute Gasteiger partial charge is 0.336 e. The van der Waals surface area contributed by atoms with E-state index in [-0.39, 0.29) is 22.9 Å². The molecule has 29 heavy (non-hydrogen) atoms. The summed E-state index contributed by atoms with van der Waals surface area (Å²) in [7, 11) is 0. The molecule has 3 rings (SSSR count). The van der Waals surface area contributed by atoms with Gasteiger partial charge in [-0.15, -0.1) is 0 Å². The fourth-order valence-electron chi connectivity index (χ4n) is 2.67. The number of anilines is 2. The Morgan fingerprint density at radius 1 is 1.10 bits per heavy atom. The number of urea groups is 1. The van der Waals surface area contributed by atoms with E-state index in [0.29, 0.717) is 11.1 Å². The van der Waals surface area contributed by atoms with Gasteiger partial charge in [0.25, 0.3) is 0 Å². The molecule has 1 aliphatic rings. The fraction of sp³-hybridized carbons (Fsp3) is 0.167. The molecule has 1 heterocycles. The second-order valence-corrected chi connectivity index (χ2v) is 6.91. The maximum Gasteiger partial charge on any atom is 0.416 e. The SMILES string of the molecule is O=C(Nc1cc(C(F)(F)F)ccc1Cl)C1CNC(=O)N(c2ccc(Cl)cc2)C1=O. The number of nitrogens with one attached hydrogen (secondary N) is 2. The minimum absolute atomic E-state index is 0.131. The van der Waals surface area contributed by atoms with Gasteiger partial charge in [0.15, 0.2) is 0 Å². The number of nitrogens with zero attached hydrogens (tertiary/aromatic N) is 1. The van der Waals surface area contributed by atoms with Gasteiger partial charge in [0, 0.05) is 11.6 Å². The van der Waals surface area contributed by atoms with E-state index in [1.807, 2.05) is 0 Å². The van der Waals surface area contributed by atoms with Crippen LogP contribution in [0.25, 0.3) is 0 Å². The lowest BCUT2D eigenvalue weighted by molar-refractivity contribution is -0.137. The Morgan fingerprint density at radius 2 is 1.76 bits per heavy atom. The number of imide groups is 1. The maximum atomic E-state index is 12.9. The number of benzene rings is 2. The van der Waals surface area contributed by atoms with Gasteiger partial charge in [0.05, 0.1) is 22.0 Å². The number of alkyl halides is 3. The van der Waals surface area contributed by atoms with Gasteiger partial charge in [-0.25, -0.2) is 9.69 Å². The molecule has 0 radical (unpaired) electrons. The van der Waals surface area contributed by atoms with E-state index in [0.717, 1.165) is 17.0 Å². The molecule has 0 aliphatic carbocycles. The van der Waals surface area contributed by atoms with Crippen LogP contribution in [0.1, 0.15) is 5.56 Å². The Morgan fingerprint density at radius 3 is 2.38 bits per heavy atom. The Kier molecular flexibility index (Phi) is 5.72. The minimum atomic E-state index is -4.63. The molecule has 0 saturated carbocycles. The molecule has 0 aromatic heterocycles. The van der Waals surface area contributed by atoms with Gasteiger partial charge in [-0.3, -0.25) is 9.59 Å². The summed E-state index contributed by atoms with van der Waals surface area (Å²) in [5.74, 6) is -3.11. The summed E-state index contributed by atoms with van der Waals surface area (Å²) in [5.41, 5.74) is -1.12. The van der Waals surface area contributed by atoms with Crippen LogP contribution >= 0.6 is 23.2 Å². The number of halogens is 5. The fourth-order valence-corrected chi connectivity index (χ4v) is 2.96. The number of carbonyl (C=O) groups excluding carboxylic acids is 3. The lowest BCUT2D eigenvalue weighted by atomic mass is 10.0. The topological polar surface area (TPSA) is 78.5 Å². The van der Waals surface area contributed by atoms with Crippen molar-refractivity contribution in [3.63, 3.8) is 0 Å². The highest BCUT2D eigenvalue weighted by molar-refractivity contribution is 6.34. The highest BCUT2D eigenvalue weighted by atomic mass is 35.5. The third kappa shape index (κ3) is 4.46. The van der Waals surface area contributed by atoms with Gasteiger partial charge in [-0.05, 0) is 42.5 Å². The molecule has 152 valence electrons. The summed E-state index contributed by atoms with van der Waals surface area (Å²) in [6, 6.07) is 7.46. The average Bonchev–Trinajstić information content (AvgIpc) is 2.64. The summed E-state index contributed by atoms with van der Waals surface area (Å²) < 4.78 is 38.7. The van der Waals surface area contributed by atoms with Gasteiger partial charge in [0.1, 0.15) is 5.92 Å². The number of amides is 4. The Labute approximate surface area is 172 Å². The molecular formula is C18H12Cl2F3N3O3. The van der Waals surface area contributed by atoms with Crippen molar-refractivity contribution in [2.45, 2.75) is 6.18 Å². The van der Waals surface area contributed by atoms with Crippen molar-refractivity contribution in [2.24, 2.45) is 5.92 Å². The zero-order valence-corrected chi connectivity index (χ0v) is 15.9. The molecular weight excluding hydrogens is 434 g/mol. The van der Waals surface area contributed by atoms with Crippen LogP contribution in [0, 0.1) is 5.92 Å². The van der Waals surface area contributed by atoms with Crippen molar-refractivity contribution in [1.29, 1.82) is 0 Å². The molecule has 2 aromatic carbocycles. The lowest BCUT2D eigenvalue weighted by Crippen LogP contribution is -2.58. The van der Waals surface area contributed by atoms with Gasteiger partial charge >= 0.3 is 12.2 Å². The molecule has 1 aliphatic heterocycles. The molecule has 2 N–H and O–H groups in total. The first-order chi connectivity index (χ1) is 13.6. The third-order valence-corrected chi connectivity index (χ3v) is 4.71. The molecule has 6 nitrogen and oxygen atoms in total. The summed E-state index contributed by atoms with van der Waals surface area (Å²) in [4.78, 5) is 38.2. The second kappa shape index (κ2) is 7.92. The number of hydrogen-bond donors (Lipinski definition) is 2. The van der Waals surface area contributed by atoms with Crippen molar-refractivity contribution in [1.82, 2.24) is 5.32 Å². The molecule has 1 unspecified atom stereocenters. The van der Waals surface area contributed by atoms with Crippen molar-refractivity contribution in [3.8, 4) is 0 Å². The molecule has 2 aromatic rings. The van der Waals surface area contributed by atoms with Crippen LogP contribution in [0.15, 0.2) is 42.5 Å². The largest absolute Gasteiger partial charge is 0.416 e. The highest BCUT2D eigenvalue weighted by Crippen LogP contribution is 2.34. The maximum absolute atomic E-state index is 12.9. The Balaban J connectivity index is 1.83. The van der Waals surface area contributed by atoms with Gasteiger partial charge in [-0.1, -0.05) is 23.2 Å². The van der Waals surface area contributed by atoms with E-state index >= 15 is 0 Å². The molecule has 11 heteroatoms. The average molecular weight is 446 g/mol. The van der Waals surface area contributed by atoms with Gasteiger partial charge in [-0.2, -0.15) is 13.2 Å². The Hall–Kier alpha value is -2.78. The molecule has 1 fully saturated rings. The Bertz CT molecular complexity index is 981. The number of rotatable bonds is 3. The summed E-state index contributed by atoms with van der Waals surface area (Å²) >= 11 is 11.7. The van der Waals surface area contributed by atoms with Crippen LogP contribution in [-0.4, -0.2) is 24.4 Å². The standard InChI is InChI=1S/C18H12Cl2F3N3O3/c19-10-2-4-11(5-3-10)26-16(28)12(8-24-17(26)29)15(27)25-14-7-9(18(21,22)23)1-6-13(14)20/h1-7,12H,8H2,(H,24,29)(H,25,27). The molecule has 0 spiro atoms. The van der Waals surface area contributed by atoms with Crippen molar-refractivity contribution >= 4 is 52.4 Å². The van der Waals surface area contributed by atoms with E-state index in [9.17, 15) is 27.6 Å². The van der Waals surface area contributed by atoms with Crippen molar-refractivity contribution in [2.75, 3.05) is 16.8 Å². The summed E-state index contributed by atoms with van der Waals surface area (Å²) in [6.07, 6.45) is -4.63. The molecule has 1 saturated heterocycles. The lowest BCUT2D eigenvalue weighted by Gasteiger charge is -2.30. The zero-order valence-electron chi connectivity index (χ0n) is 14.4. The van der Waals surface area contributed by atoms with Crippen molar-refractivity contribution < 1.29 is 27.6 Å². The monoisotopic (exact) mass is 445 g/mol. The van der Waals surface area contributed by atoms with Crippen molar-refractivity contribution in [3.05, 3.63) is 58.1 Å². The summed E-state index contributed by atoms with van der Waals surface area (Å²) in [5, 5.41) is 4.88. The van der Waals surface area contributed by atoms with E-state index in [1.54, 1.807) is 0 Å². The van der Waals surface area contributed by atoms with Crippen LogP contribution in [0.5, 0.6) is 0 Å². The first kappa shape index (κ1) is 20.9. The quantitative estimate of drug-likeness (QED) is 0.690. The van der Waals surface area contributed by atoms with Crippen LogP contribution in [0.2, 0.25) is 10.0 Å². The van der Waals surface area contributed by atoms with E-state index in [2.05, 4.69) is 10.6 Å². The highest BCUT2D eigenvalue weighted by Gasteiger charge is 2.40. The second-order valence-electron chi connectivity index (χ2n) is 6.07. The molecule has 4 amide bonds. The predicted octanol–water partition coefficient (Wildman–Crippen LogP) is 4.32. The van der Waals surface area contributed by atoms with Crippen LogP contribution in [0.4, 0.5) is 29.3 Å².